The number of rotatable bonds is 2. The summed E-state index contributed by atoms with van der Waals surface area (Å²) in [5.74, 6) is 1.88. The molecule has 9 nitrogen and oxygen atoms in total. The molecule has 29 heavy (non-hydrogen) atoms. The number of amides is 1. The first-order valence-electron chi connectivity index (χ1n) is 8.75. The van der Waals surface area contributed by atoms with Crippen molar-refractivity contribution in [2.45, 2.75) is 12.5 Å². The van der Waals surface area contributed by atoms with Crippen LogP contribution >= 0.6 is 0 Å². The maximum Gasteiger partial charge on any atom is 0.359 e. The number of ether oxygens (including phenoxy) is 1. The van der Waals surface area contributed by atoms with Crippen molar-refractivity contribution < 1.29 is 19.4 Å². The lowest BCUT2D eigenvalue weighted by Gasteiger charge is -2.04. The van der Waals surface area contributed by atoms with Gasteiger partial charge in [0.1, 0.15) is 6.10 Å². The molecule has 1 aliphatic rings. The third-order valence-corrected chi connectivity index (χ3v) is 4.39. The van der Waals surface area contributed by atoms with E-state index in [0.29, 0.717) is 35.2 Å². The molecule has 3 aromatic rings. The van der Waals surface area contributed by atoms with Crippen LogP contribution < -0.4 is 0 Å². The molecule has 1 unspecified atom stereocenters. The quantitative estimate of drug-likeness (QED) is 0.506. The van der Waals surface area contributed by atoms with Crippen LogP contribution in [0, 0.1) is 12.3 Å². The Morgan fingerprint density at radius 1 is 1.38 bits per heavy atom. The normalized spacial score (nSPS) is 15.6. The molecule has 1 atom stereocenters. The van der Waals surface area contributed by atoms with Crippen LogP contribution in [0.4, 0.5) is 0 Å². The third-order valence-electron chi connectivity index (χ3n) is 4.39. The van der Waals surface area contributed by atoms with Crippen molar-refractivity contribution in [1.29, 1.82) is 0 Å². The van der Waals surface area contributed by atoms with Crippen molar-refractivity contribution in [2.24, 2.45) is 0 Å². The number of benzene rings is 1. The van der Waals surface area contributed by atoms with E-state index in [0.717, 1.165) is 0 Å². The molecule has 2 aromatic heterocycles. The summed E-state index contributed by atoms with van der Waals surface area (Å²) in [4.78, 5) is 23.9. The SMILES string of the molecule is C#Cc1cccc(-n2nc(C(=O)OC)c3ccnnc32)c1.CN1CCC(O)C1=O. The number of aliphatic hydroxyl groups is 1. The molecule has 0 saturated carbocycles. The number of carbonyl (C=O) groups is 2. The number of carbonyl (C=O) groups excluding carboxylic acids is 2. The average molecular weight is 393 g/mol. The average Bonchev–Trinajstić information content (AvgIpc) is 3.29. The number of likely N-dealkylation sites (N-methyl/N-ethyl adjacent to an activating group) is 1. The third kappa shape index (κ3) is 4.07. The topological polar surface area (TPSA) is 110 Å². The predicted molar refractivity (Wildman–Crippen MR) is 104 cm³/mol. The van der Waals surface area contributed by atoms with Gasteiger partial charge in [-0.2, -0.15) is 10.2 Å². The van der Waals surface area contributed by atoms with Gasteiger partial charge in [0.2, 0.25) is 0 Å². The van der Waals surface area contributed by atoms with Crippen molar-refractivity contribution in [3.8, 4) is 18.0 Å². The van der Waals surface area contributed by atoms with Gasteiger partial charge < -0.3 is 14.7 Å². The van der Waals surface area contributed by atoms with Crippen LogP contribution in [0.2, 0.25) is 0 Å². The molecule has 3 heterocycles. The Bertz CT molecular complexity index is 1090. The van der Waals surface area contributed by atoms with Gasteiger partial charge >= 0.3 is 5.97 Å². The van der Waals surface area contributed by atoms with Gasteiger partial charge in [-0.15, -0.1) is 11.5 Å². The van der Waals surface area contributed by atoms with Crippen molar-refractivity contribution >= 4 is 22.9 Å². The van der Waals surface area contributed by atoms with Gasteiger partial charge in [0.05, 0.1) is 24.4 Å². The molecule has 1 aromatic carbocycles. The summed E-state index contributed by atoms with van der Waals surface area (Å²) in [5, 5.41) is 21.5. The smallest absolute Gasteiger partial charge is 0.359 e. The Balaban J connectivity index is 0.000000252. The van der Waals surface area contributed by atoms with Crippen molar-refractivity contribution in [2.75, 3.05) is 20.7 Å². The van der Waals surface area contributed by atoms with E-state index >= 15 is 0 Å². The second-order valence-corrected chi connectivity index (χ2v) is 6.28. The first-order valence-corrected chi connectivity index (χ1v) is 8.75. The molecular weight excluding hydrogens is 374 g/mol. The zero-order valence-electron chi connectivity index (χ0n) is 15.9. The Labute approximate surface area is 166 Å². The van der Waals surface area contributed by atoms with Gasteiger partial charge in [0, 0.05) is 19.2 Å². The lowest BCUT2D eigenvalue weighted by molar-refractivity contribution is -0.133. The standard InChI is InChI=1S/C15H10N4O2.C5H9NO2/c1-3-10-5-4-6-11(9-10)19-14-12(7-8-16-17-14)13(18-19)15(20)21-2;1-6-3-2-4(7)5(6)8/h1,4-9H,2H3;4,7H,2-3H2,1H3. The number of aliphatic hydroxyl groups excluding tert-OH is 1. The van der Waals surface area contributed by atoms with Crippen molar-refractivity contribution in [3.63, 3.8) is 0 Å². The highest BCUT2D eigenvalue weighted by Crippen LogP contribution is 2.20. The minimum Gasteiger partial charge on any atom is -0.464 e. The highest BCUT2D eigenvalue weighted by atomic mass is 16.5. The van der Waals surface area contributed by atoms with Gasteiger partial charge in [0.25, 0.3) is 5.91 Å². The fraction of sp³-hybridized carbons (Fsp3) is 0.250. The van der Waals surface area contributed by atoms with Gasteiger partial charge in [-0.25, -0.2) is 9.48 Å². The van der Waals surface area contributed by atoms with Crippen LogP contribution in [0.5, 0.6) is 0 Å². The lowest BCUT2D eigenvalue weighted by atomic mass is 10.2. The summed E-state index contributed by atoms with van der Waals surface area (Å²) in [6, 6.07) is 8.89. The predicted octanol–water partition coefficient (Wildman–Crippen LogP) is 0.793. The van der Waals surface area contributed by atoms with Gasteiger partial charge in [0.15, 0.2) is 11.3 Å². The van der Waals surface area contributed by atoms with E-state index in [9.17, 15) is 9.59 Å². The molecule has 0 spiro atoms. The molecule has 1 amide bonds. The summed E-state index contributed by atoms with van der Waals surface area (Å²) in [6.07, 6.45) is 6.77. The fourth-order valence-electron chi connectivity index (χ4n) is 2.83. The number of terminal acetylenes is 1. The minimum atomic E-state index is -0.722. The molecule has 1 aliphatic heterocycles. The lowest BCUT2D eigenvalue weighted by Crippen LogP contribution is -2.24. The molecule has 148 valence electrons. The maximum atomic E-state index is 11.8. The van der Waals surface area contributed by atoms with Crippen LogP contribution in [0.1, 0.15) is 22.5 Å². The highest BCUT2D eigenvalue weighted by molar-refractivity contribution is 6.01. The Hall–Kier alpha value is -3.77. The Morgan fingerprint density at radius 3 is 2.76 bits per heavy atom. The van der Waals surface area contributed by atoms with Crippen LogP contribution in [-0.4, -0.2) is 68.7 Å². The number of nitrogens with zero attached hydrogens (tertiary/aromatic N) is 5. The molecule has 1 saturated heterocycles. The molecule has 1 N–H and O–H groups in total. The molecule has 1 fully saturated rings. The van der Waals surface area contributed by atoms with Crippen molar-refractivity contribution in [1.82, 2.24) is 24.9 Å². The summed E-state index contributed by atoms with van der Waals surface area (Å²) in [6.45, 7) is 0.694. The summed E-state index contributed by atoms with van der Waals surface area (Å²) in [5.41, 5.74) is 2.06. The second kappa shape index (κ2) is 8.50. The Kier molecular flexibility index (Phi) is 5.85. The molecular formula is C20H19N5O4. The molecule has 0 aliphatic carbocycles. The van der Waals surface area contributed by atoms with Gasteiger partial charge in [-0.1, -0.05) is 12.0 Å². The fourth-order valence-corrected chi connectivity index (χ4v) is 2.83. The van der Waals surface area contributed by atoms with Crippen LogP contribution in [0.25, 0.3) is 16.7 Å². The summed E-state index contributed by atoms with van der Waals surface area (Å²) in [7, 11) is 3.00. The van der Waals surface area contributed by atoms with E-state index in [1.807, 2.05) is 18.2 Å². The van der Waals surface area contributed by atoms with E-state index in [1.54, 1.807) is 19.2 Å². The molecule has 4 rings (SSSR count). The summed E-state index contributed by atoms with van der Waals surface area (Å²) >= 11 is 0. The first-order chi connectivity index (χ1) is 14.0. The number of hydrogen-bond donors (Lipinski definition) is 1. The van der Waals surface area contributed by atoms with Crippen LogP contribution in [0.3, 0.4) is 0 Å². The maximum absolute atomic E-state index is 11.8. The number of fused-ring (bicyclic) bond motifs is 1. The molecule has 0 radical (unpaired) electrons. The van der Waals surface area contributed by atoms with Crippen LogP contribution in [-0.2, 0) is 9.53 Å². The van der Waals surface area contributed by atoms with E-state index in [1.165, 1.54) is 22.9 Å². The monoisotopic (exact) mass is 393 g/mol. The van der Waals surface area contributed by atoms with Gasteiger partial charge in [-0.05, 0) is 30.7 Å². The van der Waals surface area contributed by atoms with E-state index in [4.69, 9.17) is 16.3 Å². The number of esters is 1. The first kappa shape index (κ1) is 20.0. The second-order valence-electron chi connectivity index (χ2n) is 6.28. The van der Waals surface area contributed by atoms with E-state index < -0.39 is 12.1 Å². The number of methoxy groups -OCH3 is 1. The number of hydrogen-bond acceptors (Lipinski definition) is 7. The van der Waals surface area contributed by atoms with Crippen LogP contribution in [0.15, 0.2) is 36.5 Å². The number of aromatic nitrogens is 4. The van der Waals surface area contributed by atoms with E-state index in [2.05, 4.69) is 21.2 Å². The largest absolute Gasteiger partial charge is 0.464 e. The Morgan fingerprint density at radius 2 is 2.17 bits per heavy atom. The van der Waals surface area contributed by atoms with Gasteiger partial charge in [-0.3, -0.25) is 4.79 Å². The number of likely N-dealkylation sites (tertiary alicyclic amines) is 1. The summed E-state index contributed by atoms with van der Waals surface area (Å²) < 4.78 is 6.27. The highest BCUT2D eigenvalue weighted by Gasteiger charge is 2.26. The molecule has 0 bridgehead atoms. The zero-order chi connectivity index (χ0) is 21.0. The zero-order valence-corrected chi connectivity index (χ0v) is 15.9. The molecule has 9 heteroatoms. The van der Waals surface area contributed by atoms with E-state index in [-0.39, 0.29) is 11.6 Å². The minimum absolute atomic E-state index is 0.148. The van der Waals surface area contributed by atoms with Crippen molar-refractivity contribution in [3.05, 3.63) is 47.8 Å².